The van der Waals surface area contributed by atoms with Gasteiger partial charge in [0.25, 0.3) is 0 Å². The summed E-state index contributed by atoms with van der Waals surface area (Å²) in [6, 6.07) is 9.75. The molecule has 1 unspecified atom stereocenters. The fraction of sp³-hybridized carbons (Fsp3) is 0.536. The molecule has 37 heavy (non-hydrogen) atoms. The second-order valence-corrected chi connectivity index (χ2v) is 9.96. The zero-order valence-corrected chi connectivity index (χ0v) is 21.4. The number of nitrogens with one attached hydrogen (secondary N) is 2. The molecule has 9 heteroatoms. The minimum Gasteiger partial charge on any atom is -0.480 e. The van der Waals surface area contributed by atoms with Crippen LogP contribution in [0.4, 0.5) is 15.0 Å². The van der Waals surface area contributed by atoms with E-state index in [0.717, 1.165) is 69.5 Å². The highest BCUT2D eigenvalue weighted by molar-refractivity contribution is 5.79. The van der Waals surface area contributed by atoms with E-state index in [-0.39, 0.29) is 12.0 Å². The number of unbranched alkanes of at least 4 members (excludes halogenated alkanes) is 1. The summed E-state index contributed by atoms with van der Waals surface area (Å²) in [6.07, 6.45) is 5.96. The summed E-state index contributed by atoms with van der Waals surface area (Å²) < 4.78 is 19.2. The van der Waals surface area contributed by atoms with Gasteiger partial charge >= 0.3 is 12.1 Å². The maximum absolute atomic E-state index is 13.9. The van der Waals surface area contributed by atoms with Gasteiger partial charge in [0.2, 0.25) is 0 Å². The van der Waals surface area contributed by atoms with Crippen molar-refractivity contribution in [2.45, 2.75) is 76.5 Å². The molecule has 2 atom stereocenters. The van der Waals surface area contributed by atoms with Gasteiger partial charge in [-0.25, -0.2) is 19.0 Å². The number of benzene rings is 1. The molecule has 8 nitrogen and oxygen atoms in total. The molecule has 2 aliphatic rings. The lowest BCUT2D eigenvalue weighted by molar-refractivity contribution is -0.139. The second kappa shape index (κ2) is 12.9. The molecule has 0 saturated heterocycles. The molecule has 2 aromatic rings. The summed E-state index contributed by atoms with van der Waals surface area (Å²) >= 11 is 0. The van der Waals surface area contributed by atoms with Crippen molar-refractivity contribution in [3.8, 4) is 0 Å². The molecule has 2 heterocycles. The number of nitrogens with zero attached hydrogens (tertiary/aromatic N) is 2. The Hall–Kier alpha value is -3.20. The molecule has 4 rings (SSSR count). The Balaban J connectivity index is 1.21. The number of hydrogen-bond donors (Lipinski definition) is 3. The number of ether oxygens (including phenoxy) is 1. The van der Waals surface area contributed by atoms with Gasteiger partial charge in [-0.05, 0) is 82.5 Å². The monoisotopic (exact) mass is 512 g/mol. The Morgan fingerprint density at radius 1 is 1.22 bits per heavy atom. The number of carbonyl (C=O) groups excluding carboxylic acids is 1. The van der Waals surface area contributed by atoms with Crippen LogP contribution in [0.15, 0.2) is 36.4 Å². The van der Waals surface area contributed by atoms with Crippen molar-refractivity contribution in [3.05, 3.63) is 59.0 Å². The van der Waals surface area contributed by atoms with Gasteiger partial charge in [-0.1, -0.05) is 24.3 Å². The van der Waals surface area contributed by atoms with Gasteiger partial charge in [0.1, 0.15) is 23.8 Å². The van der Waals surface area contributed by atoms with Crippen LogP contribution in [0.25, 0.3) is 0 Å². The number of anilines is 1. The summed E-state index contributed by atoms with van der Waals surface area (Å²) in [5.41, 5.74) is 2.64. The summed E-state index contributed by atoms with van der Waals surface area (Å²) in [4.78, 5) is 31.2. The Kier molecular flexibility index (Phi) is 9.33. The van der Waals surface area contributed by atoms with Gasteiger partial charge in [-0.3, -0.25) is 0 Å². The Morgan fingerprint density at radius 2 is 2.03 bits per heavy atom. The zero-order valence-electron chi connectivity index (χ0n) is 21.4. The van der Waals surface area contributed by atoms with E-state index < -0.39 is 30.0 Å². The lowest BCUT2D eigenvalue weighted by atomic mass is 10.1. The first-order valence-electron chi connectivity index (χ1n) is 13.3. The van der Waals surface area contributed by atoms with E-state index in [0.29, 0.717) is 12.6 Å². The fourth-order valence-electron chi connectivity index (χ4n) is 4.80. The van der Waals surface area contributed by atoms with Crippen molar-refractivity contribution in [1.82, 2.24) is 15.2 Å². The third kappa shape index (κ3) is 7.89. The Bertz CT molecular complexity index is 1080. The number of fused-ring (bicyclic) bond motifs is 1. The lowest BCUT2D eigenvalue weighted by Crippen LogP contribution is -2.44. The predicted octanol–water partition coefficient (Wildman–Crippen LogP) is 4.70. The summed E-state index contributed by atoms with van der Waals surface area (Å²) in [5.74, 6) is -0.563. The number of carboxylic acid groups (broad SMARTS) is 1. The number of carboxylic acids is 1. The van der Waals surface area contributed by atoms with Gasteiger partial charge in [-0.2, -0.15) is 0 Å². The van der Waals surface area contributed by atoms with E-state index in [4.69, 9.17) is 9.72 Å². The normalized spacial score (nSPS) is 16.4. The number of hydrogen-bond acceptors (Lipinski definition) is 6. The molecule has 1 aliphatic heterocycles. The molecule has 200 valence electrons. The molecule has 3 N–H and O–H groups in total. The lowest BCUT2D eigenvalue weighted by Gasteiger charge is -2.24. The standard InChI is InChI=1S/C28H37FN4O4/c1-19(23-9-2-3-10-24(23)29)37-28(36)32-25(27(34)35)15-18-33(22-13-14-22)17-5-4-8-21-12-11-20-7-6-16-30-26(20)31-21/h2-3,9-12,19,22,25H,4-8,13-18H2,1H3,(H,30,31)(H,32,36)(H,34,35)/t19?,25-/m0/s1. The maximum Gasteiger partial charge on any atom is 0.408 e. The first kappa shape index (κ1) is 26.9. The van der Waals surface area contributed by atoms with Gasteiger partial charge < -0.3 is 25.4 Å². The first-order chi connectivity index (χ1) is 17.9. The predicted molar refractivity (Wildman–Crippen MR) is 139 cm³/mol. The van der Waals surface area contributed by atoms with Gasteiger partial charge in [-0.15, -0.1) is 0 Å². The number of alkyl carbamates (subject to hydrolysis) is 1. The zero-order chi connectivity index (χ0) is 26.2. The van der Waals surface area contributed by atoms with E-state index in [9.17, 15) is 19.1 Å². The van der Waals surface area contributed by atoms with Gasteiger partial charge in [0.05, 0.1) is 0 Å². The average molecular weight is 513 g/mol. The summed E-state index contributed by atoms with van der Waals surface area (Å²) in [6.45, 7) is 3.99. The molecule has 1 fully saturated rings. The number of carbonyl (C=O) groups is 2. The number of halogens is 1. The Morgan fingerprint density at radius 3 is 2.78 bits per heavy atom. The fourth-order valence-corrected chi connectivity index (χ4v) is 4.80. The minimum absolute atomic E-state index is 0.242. The van der Waals surface area contributed by atoms with E-state index in [1.54, 1.807) is 19.1 Å². The van der Waals surface area contributed by atoms with E-state index >= 15 is 0 Å². The summed E-state index contributed by atoms with van der Waals surface area (Å²) in [7, 11) is 0. The van der Waals surface area contributed by atoms with Gasteiger partial charge in [0, 0.05) is 30.4 Å². The molecule has 0 bridgehead atoms. The molecule has 1 aliphatic carbocycles. The molecule has 1 amide bonds. The SMILES string of the molecule is CC(OC(=O)N[C@@H](CCN(CCCCc1ccc2c(n1)NCCC2)C1CC1)C(=O)O)c1ccccc1F. The van der Waals surface area contributed by atoms with Crippen LogP contribution in [-0.4, -0.2) is 58.8 Å². The number of pyridine rings is 1. The Labute approximate surface area is 217 Å². The van der Waals surface area contributed by atoms with Crippen LogP contribution in [0.3, 0.4) is 0 Å². The topological polar surface area (TPSA) is 104 Å². The van der Waals surface area contributed by atoms with Crippen LogP contribution in [0.2, 0.25) is 0 Å². The summed E-state index contributed by atoms with van der Waals surface area (Å²) in [5, 5.41) is 15.5. The van der Waals surface area contributed by atoms with Crippen LogP contribution >= 0.6 is 0 Å². The first-order valence-corrected chi connectivity index (χ1v) is 13.3. The van der Waals surface area contributed by atoms with Crippen molar-refractivity contribution < 1.29 is 23.8 Å². The highest BCUT2D eigenvalue weighted by Crippen LogP contribution is 2.28. The van der Waals surface area contributed by atoms with E-state index in [1.807, 2.05) is 0 Å². The number of aliphatic carboxylic acids is 1. The van der Waals surface area contributed by atoms with Crippen molar-refractivity contribution in [2.24, 2.45) is 0 Å². The smallest absolute Gasteiger partial charge is 0.408 e. The minimum atomic E-state index is -1.11. The van der Waals surface area contributed by atoms with Crippen molar-refractivity contribution in [3.63, 3.8) is 0 Å². The molecule has 1 saturated carbocycles. The molecular weight excluding hydrogens is 475 g/mol. The number of aryl methyl sites for hydroxylation is 2. The van der Waals surface area contributed by atoms with Crippen LogP contribution in [-0.2, 0) is 22.4 Å². The number of amides is 1. The van der Waals surface area contributed by atoms with Crippen molar-refractivity contribution in [1.29, 1.82) is 0 Å². The number of aromatic nitrogens is 1. The van der Waals surface area contributed by atoms with Crippen molar-refractivity contribution >= 4 is 17.9 Å². The second-order valence-electron chi connectivity index (χ2n) is 9.96. The van der Waals surface area contributed by atoms with Crippen LogP contribution in [0.1, 0.15) is 68.4 Å². The highest BCUT2D eigenvalue weighted by Gasteiger charge is 2.30. The van der Waals surface area contributed by atoms with E-state index in [2.05, 4.69) is 27.7 Å². The highest BCUT2D eigenvalue weighted by atomic mass is 19.1. The maximum atomic E-state index is 13.9. The molecule has 0 radical (unpaired) electrons. The average Bonchev–Trinajstić information content (AvgIpc) is 3.73. The molecule has 1 aromatic heterocycles. The van der Waals surface area contributed by atoms with Crippen LogP contribution in [0, 0.1) is 5.82 Å². The third-order valence-corrected chi connectivity index (χ3v) is 7.07. The van der Waals surface area contributed by atoms with E-state index in [1.165, 1.54) is 17.7 Å². The van der Waals surface area contributed by atoms with Gasteiger partial charge in [0.15, 0.2) is 0 Å². The van der Waals surface area contributed by atoms with Crippen molar-refractivity contribution in [2.75, 3.05) is 25.0 Å². The molecule has 1 aromatic carbocycles. The quantitative estimate of drug-likeness (QED) is 0.334. The number of rotatable bonds is 13. The van der Waals surface area contributed by atoms with Crippen LogP contribution < -0.4 is 10.6 Å². The largest absolute Gasteiger partial charge is 0.480 e. The van der Waals surface area contributed by atoms with Crippen LogP contribution in [0.5, 0.6) is 0 Å². The molecule has 0 spiro atoms. The third-order valence-electron chi connectivity index (χ3n) is 7.07. The molecular formula is C28H37FN4O4.